The summed E-state index contributed by atoms with van der Waals surface area (Å²) < 4.78 is 30.4. The van der Waals surface area contributed by atoms with E-state index in [1.54, 1.807) is 6.07 Å². The van der Waals surface area contributed by atoms with Gasteiger partial charge < -0.3 is 4.57 Å². The van der Waals surface area contributed by atoms with E-state index >= 15 is 0 Å². The van der Waals surface area contributed by atoms with Gasteiger partial charge in [-0.05, 0) is 37.1 Å². The summed E-state index contributed by atoms with van der Waals surface area (Å²) in [6.45, 7) is 0.886. The van der Waals surface area contributed by atoms with Crippen LogP contribution in [0.4, 0.5) is 0 Å². The van der Waals surface area contributed by atoms with E-state index in [0.717, 1.165) is 21.6 Å². The standard InChI is InChI=1S/C20H18ClN3O3S3/c1-2-11-24-15-5-3-4-6-16(15)28-20(24)22-19(25)14-9-12-23(13-10-14)30(26,27)18-8-7-17(21)29-18/h1,3-8,14H,9-13H2. The van der Waals surface area contributed by atoms with Crippen molar-refractivity contribution in [2.24, 2.45) is 10.9 Å². The average Bonchev–Trinajstić information content (AvgIpc) is 3.33. The van der Waals surface area contributed by atoms with Crippen LogP contribution >= 0.6 is 34.3 Å². The number of nitrogens with zero attached hydrogens (tertiary/aromatic N) is 3. The number of hydrogen-bond donors (Lipinski definition) is 0. The van der Waals surface area contributed by atoms with E-state index < -0.39 is 10.0 Å². The molecule has 0 atom stereocenters. The summed E-state index contributed by atoms with van der Waals surface area (Å²) in [7, 11) is -3.58. The number of amides is 1. The van der Waals surface area contributed by atoms with Gasteiger partial charge in [0.05, 0.1) is 21.1 Å². The van der Waals surface area contributed by atoms with Crippen LogP contribution in [0.5, 0.6) is 0 Å². The number of aromatic nitrogens is 1. The fourth-order valence-electron chi connectivity index (χ4n) is 3.44. The molecule has 0 saturated carbocycles. The predicted octanol–water partition coefficient (Wildman–Crippen LogP) is 3.58. The fourth-order valence-corrected chi connectivity index (χ4v) is 7.58. The van der Waals surface area contributed by atoms with Gasteiger partial charge in [0, 0.05) is 19.0 Å². The molecule has 4 rings (SSSR count). The Bertz CT molecular complexity index is 1310. The van der Waals surface area contributed by atoms with Crippen LogP contribution in [0.25, 0.3) is 10.2 Å². The van der Waals surface area contributed by atoms with Gasteiger partial charge >= 0.3 is 0 Å². The minimum absolute atomic E-state index is 0.225. The van der Waals surface area contributed by atoms with Crippen LogP contribution in [-0.4, -0.2) is 36.3 Å². The summed E-state index contributed by atoms with van der Waals surface area (Å²) in [5.41, 5.74) is 0.947. The lowest BCUT2D eigenvalue weighted by Crippen LogP contribution is -2.40. The maximum Gasteiger partial charge on any atom is 0.252 e. The summed E-state index contributed by atoms with van der Waals surface area (Å²) in [4.78, 5) is 17.7. The maximum absolute atomic E-state index is 12.8. The third kappa shape index (κ3) is 4.11. The molecule has 3 aromatic rings. The molecule has 30 heavy (non-hydrogen) atoms. The first-order chi connectivity index (χ1) is 14.4. The zero-order valence-corrected chi connectivity index (χ0v) is 19.0. The monoisotopic (exact) mass is 479 g/mol. The molecule has 3 heterocycles. The lowest BCUT2D eigenvalue weighted by Gasteiger charge is -2.29. The molecule has 156 valence electrons. The number of thiazole rings is 1. The van der Waals surface area contributed by atoms with Crippen molar-refractivity contribution in [3.63, 3.8) is 0 Å². The highest BCUT2D eigenvalue weighted by molar-refractivity contribution is 7.91. The number of thiophene rings is 1. The molecule has 0 bridgehead atoms. The highest BCUT2D eigenvalue weighted by Gasteiger charge is 2.33. The average molecular weight is 480 g/mol. The first-order valence-electron chi connectivity index (χ1n) is 9.26. The van der Waals surface area contributed by atoms with E-state index in [2.05, 4.69) is 10.9 Å². The summed E-state index contributed by atoms with van der Waals surface area (Å²) in [5, 5.41) is 0. The molecule has 1 amide bonds. The summed E-state index contributed by atoms with van der Waals surface area (Å²) in [6.07, 6.45) is 6.36. The van der Waals surface area contributed by atoms with Crippen molar-refractivity contribution < 1.29 is 13.2 Å². The van der Waals surface area contributed by atoms with E-state index in [0.29, 0.717) is 28.5 Å². The van der Waals surface area contributed by atoms with Crippen LogP contribution in [-0.2, 0) is 21.4 Å². The van der Waals surface area contributed by atoms with Gasteiger partial charge in [-0.25, -0.2) is 8.42 Å². The first kappa shape index (κ1) is 21.3. The number of carbonyl (C=O) groups is 1. The molecule has 0 spiro atoms. The van der Waals surface area contributed by atoms with Crippen molar-refractivity contribution in [3.8, 4) is 12.3 Å². The van der Waals surface area contributed by atoms with Crippen molar-refractivity contribution in [2.45, 2.75) is 23.6 Å². The Labute approximate surface area is 187 Å². The van der Waals surface area contributed by atoms with Crippen LogP contribution in [0.3, 0.4) is 0 Å². The Kier molecular flexibility index (Phi) is 6.14. The van der Waals surface area contributed by atoms with Crippen LogP contribution in [0.2, 0.25) is 4.34 Å². The SMILES string of the molecule is C#CCn1c(=NC(=O)C2CCN(S(=O)(=O)c3ccc(Cl)s3)CC2)sc2ccccc21. The largest absolute Gasteiger partial charge is 0.305 e. The van der Waals surface area contributed by atoms with Crippen molar-refractivity contribution in [1.29, 1.82) is 0 Å². The van der Waals surface area contributed by atoms with Gasteiger partial charge in [-0.15, -0.1) is 17.8 Å². The molecular weight excluding hydrogens is 462 g/mol. The van der Waals surface area contributed by atoms with Gasteiger partial charge in [-0.2, -0.15) is 9.30 Å². The highest BCUT2D eigenvalue weighted by atomic mass is 35.5. The normalized spacial score (nSPS) is 16.7. The Morgan fingerprint density at radius 2 is 1.93 bits per heavy atom. The third-order valence-electron chi connectivity index (χ3n) is 4.99. The lowest BCUT2D eigenvalue weighted by atomic mass is 9.98. The van der Waals surface area contributed by atoms with E-state index in [1.165, 1.54) is 21.7 Å². The second-order valence-corrected chi connectivity index (χ2v) is 11.7. The smallest absolute Gasteiger partial charge is 0.252 e. The van der Waals surface area contributed by atoms with Crippen molar-refractivity contribution >= 4 is 60.4 Å². The number of carbonyl (C=O) groups excluding carboxylic acids is 1. The molecule has 1 saturated heterocycles. The molecule has 1 aliphatic rings. The number of rotatable bonds is 4. The molecule has 6 nitrogen and oxygen atoms in total. The number of benzene rings is 1. The van der Waals surface area contributed by atoms with Gasteiger partial charge in [-0.1, -0.05) is 41.0 Å². The van der Waals surface area contributed by atoms with Crippen molar-refractivity contribution in [2.75, 3.05) is 13.1 Å². The third-order valence-corrected chi connectivity index (χ3v) is 9.65. The summed E-state index contributed by atoms with van der Waals surface area (Å²) >= 11 is 8.34. The minimum Gasteiger partial charge on any atom is -0.305 e. The second kappa shape index (κ2) is 8.65. The van der Waals surface area contributed by atoms with Gasteiger partial charge in [0.25, 0.3) is 15.9 Å². The zero-order valence-electron chi connectivity index (χ0n) is 15.8. The Balaban J connectivity index is 1.52. The first-order valence-corrected chi connectivity index (χ1v) is 12.7. The number of piperidine rings is 1. The summed E-state index contributed by atoms with van der Waals surface area (Å²) in [5.74, 6) is 2.07. The molecule has 1 aromatic carbocycles. The van der Waals surface area contributed by atoms with Crippen LogP contribution in [0.1, 0.15) is 12.8 Å². The van der Waals surface area contributed by atoms with E-state index in [1.807, 2.05) is 28.8 Å². The molecule has 2 aromatic heterocycles. The molecule has 0 unspecified atom stereocenters. The number of terminal acetylenes is 1. The van der Waals surface area contributed by atoms with Crippen LogP contribution in [0.15, 0.2) is 45.6 Å². The number of sulfonamides is 1. The van der Waals surface area contributed by atoms with Gasteiger partial charge in [0.15, 0.2) is 4.80 Å². The lowest BCUT2D eigenvalue weighted by molar-refractivity contribution is -0.122. The van der Waals surface area contributed by atoms with Gasteiger partial charge in [0.1, 0.15) is 4.21 Å². The quantitative estimate of drug-likeness (QED) is 0.537. The zero-order chi connectivity index (χ0) is 21.3. The molecular formula is C20H18ClN3O3S3. The number of hydrogen-bond acceptors (Lipinski definition) is 5. The molecule has 0 N–H and O–H groups in total. The minimum atomic E-state index is -3.58. The van der Waals surface area contributed by atoms with Crippen molar-refractivity contribution in [1.82, 2.24) is 8.87 Å². The fraction of sp³-hybridized carbons (Fsp3) is 0.300. The van der Waals surface area contributed by atoms with E-state index in [9.17, 15) is 13.2 Å². The second-order valence-electron chi connectivity index (χ2n) is 6.83. The molecule has 1 fully saturated rings. The number of halogens is 1. The highest BCUT2D eigenvalue weighted by Crippen LogP contribution is 2.30. The Morgan fingerprint density at radius 3 is 2.60 bits per heavy atom. The van der Waals surface area contributed by atoms with Crippen LogP contribution < -0.4 is 4.80 Å². The predicted molar refractivity (Wildman–Crippen MR) is 120 cm³/mol. The van der Waals surface area contributed by atoms with E-state index in [-0.39, 0.29) is 29.1 Å². The Morgan fingerprint density at radius 1 is 1.20 bits per heavy atom. The molecule has 10 heteroatoms. The molecule has 1 aliphatic heterocycles. The van der Waals surface area contributed by atoms with E-state index in [4.69, 9.17) is 18.0 Å². The van der Waals surface area contributed by atoms with Crippen LogP contribution in [0, 0.1) is 18.3 Å². The van der Waals surface area contributed by atoms with Crippen molar-refractivity contribution in [3.05, 3.63) is 45.5 Å². The van der Waals surface area contributed by atoms with Gasteiger partial charge in [0.2, 0.25) is 0 Å². The Hall–Kier alpha value is -1.96. The molecule has 0 aliphatic carbocycles. The number of fused-ring (bicyclic) bond motifs is 1. The van der Waals surface area contributed by atoms with Gasteiger partial charge in [-0.3, -0.25) is 4.79 Å². The summed E-state index contributed by atoms with van der Waals surface area (Å²) in [6, 6.07) is 10.9. The topological polar surface area (TPSA) is 71.7 Å². The molecule has 0 radical (unpaired) electrons. The maximum atomic E-state index is 12.8. The number of para-hydroxylation sites is 1.